The van der Waals surface area contributed by atoms with Gasteiger partial charge in [-0.05, 0) is 13.0 Å². The van der Waals surface area contributed by atoms with Crippen molar-refractivity contribution in [2.24, 2.45) is 6.98 Å². The number of aromatic nitrogens is 5. The van der Waals surface area contributed by atoms with Gasteiger partial charge in [-0.15, -0.1) is 0 Å². The van der Waals surface area contributed by atoms with Crippen molar-refractivity contribution in [3.05, 3.63) is 52.8 Å². The predicted molar refractivity (Wildman–Crippen MR) is 121 cm³/mol. The van der Waals surface area contributed by atoms with Crippen molar-refractivity contribution in [3.63, 3.8) is 0 Å². The smallest absolute Gasteiger partial charge is 0.422 e. The Kier molecular flexibility index (Phi) is 5.41. The molecule has 0 saturated carbocycles. The number of rotatable bonds is 6. The maximum absolute atomic E-state index is 13.1. The summed E-state index contributed by atoms with van der Waals surface area (Å²) in [4.78, 5) is 12.1. The topological polar surface area (TPSA) is 101 Å². The van der Waals surface area contributed by atoms with Gasteiger partial charge in [0, 0.05) is 22.7 Å². The number of fused-ring (bicyclic) bond motifs is 1. The lowest BCUT2D eigenvalue weighted by Gasteiger charge is -2.20. The molecule has 0 aliphatic rings. The zero-order valence-electron chi connectivity index (χ0n) is 20.3. The van der Waals surface area contributed by atoms with Crippen LogP contribution >= 0.6 is 23.2 Å². The number of alkyl halides is 3. The van der Waals surface area contributed by atoms with E-state index < -0.39 is 25.9 Å². The highest BCUT2D eigenvalue weighted by Crippen LogP contribution is 2.47. The van der Waals surface area contributed by atoms with E-state index in [2.05, 4.69) is 20.1 Å². The molecule has 34 heavy (non-hydrogen) atoms. The fourth-order valence-corrected chi connectivity index (χ4v) is 3.64. The number of anilines is 1. The maximum Gasteiger partial charge on any atom is 0.422 e. The Labute approximate surface area is 205 Å². The molecule has 13 heteroatoms. The highest BCUT2D eigenvalue weighted by atomic mass is 35.5. The molecule has 0 radical (unpaired) electrons. The van der Waals surface area contributed by atoms with Crippen LogP contribution in [0.15, 0.2) is 36.9 Å². The van der Waals surface area contributed by atoms with Crippen molar-refractivity contribution in [1.82, 2.24) is 24.7 Å². The third kappa shape index (κ3) is 4.80. The minimum Gasteiger partial charge on any atom is -0.483 e. The first-order valence-corrected chi connectivity index (χ1v) is 10.3. The minimum absolute atomic E-state index is 0.000539. The number of hydrogen-bond donors (Lipinski definition) is 1. The maximum atomic E-state index is 13.1. The summed E-state index contributed by atoms with van der Waals surface area (Å²) in [5.41, 5.74) is 6.53. The average Bonchev–Trinajstić information content (AvgIpc) is 3.31. The van der Waals surface area contributed by atoms with Crippen molar-refractivity contribution >= 4 is 39.9 Å². The first-order valence-electron chi connectivity index (χ1n) is 11.1. The molecule has 0 saturated heterocycles. The van der Waals surface area contributed by atoms with Crippen molar-refractivity contribution in [3.8, 4) is 22.6 Å². The minimum atomic E-state index is -4.66. The number of halogens is 5. The third-order valence-corrected chi connectivity index (χ3v) is 5.48. The Balaban J connectivity index is 1.90. The Morgan fingerprint density at radius 3 is 2.71 bits per heavy atom. The second kappa shape index (κ2) is 9.15. The van der Waals surface area contributed by atoms with E-state index in [0.29, 0.717) is 4.68 Å². The monoisotopic (exact) mass is 515 g/mol. The molecule has 0 unspecified atom stereocenters. The van der Waals surface area contributed by atoms with E-state index in [1.54, 1.807) is 6.07 Å². The number of ether oxygens (including phenoxy) is 2. The fraction of sp³-hybridized carbons (Fsp3) is 0.238. The van der Waals surface area contributed by atoms with Crippen LogP contribution in [0.3, 0.4) is 0 Å². The molecule has 0 spiro atoms. The standard InChI is InChI=1S/C21H17Cl2F3N6O2/c1-10(20-30-9-32(2)31-20)34-14-6-13(33-7-21(24,25)26)15(11-4-3-5-12(22)17(11)23)18-16(14)19(27)29-8-28-18/h3-6,8-10H,7H2,1-2H3,(H2,27,28,29)/t10-/m0/s1/i2D3. The second-order valence-corrected chi connectivity index (χ2v) is 7.83. The van der Waals surface area contributed by atoms with E-state index in [4.69, 9.17) is 42.5 Å². The molecule has 1 atom stereocenters. The van der Waals surface area contributed by atoms with Gasteiger partial charge >= 0.3 is 6.18 Å². The summed E-state index contributed by atoms with van der Waals surface area (Å²) < 4.78 is 73.4. The van der Waals surface area contributed by atoms with E-state index in [0.717, 1.165) is 12.7 Å². The van der Waals surface area contributed by atoms with Crippen molar-refractivity contribution < 1.29 is 26.8 Å². The average molecular weight is 516 g/mol. The van der Waals surface area contributed by atoms with Gasteiger partial charge in [0.2, 0.25) is 0 Å². The first-order chi connectivity index (χ1) is 17.3. The van der Waals surface area contributed by atoms with Gasteiger partial charge in [0.1, 0.15) is 30.0 Å². The van der Waals surface area contributed by atoms with Crippen LogP contribution in [0.4, 0.5) is 19.0 Å². The fourth-order valence-electron chi connectivity index (χ4n) is 3.24. The molecule has 2 aromatic carbocycles. The van der Waals surface area contributed by atoms with Crippen LogP contribution in [-0.4, -0.2) is 37.5 Å². The molecular formula is C21H17Cl2F3N6O2. The third-order valence-electron chi connectivity index (χ3n) is 4.66. The van der Waals surface area contributed by atoms with Gasteiger partial charge in [-0.1, -0.05) is 35.3 Å². The second-order valence-electron chi connectivity index (χ2n) is 7.04. The van der Waals surface area contributed by atoms with E-state index in [9.17, 15) is 13.2 Å². The van der Waals surface area contributed by atoms with E-state index in [1.165, 1.54) is 25.1 Å². The van der Waals surface area contributed by atoms with Crippen LogP contribution in [0.1, 0.15) is 23.0 Å². The first kappa shape index (κ1) is 20.1. The Morgan fingerprint density at radius 2 is 2.00 bits per heavy atom. The van der Waals surface area contributed by atoms with Crippen LogP contribution in [0, 0.1) is 0 Å². The molecule has 4 aromatic rings. The molecule has 4 rings (SSSR count). The lowest BCUT2D eigenvalue weighted by atomic mass is 10.00. The van der Waals surface area contributed by atoms with E-state index in [-0.39, 0.29) is 55.2 Å². The molecule has 0 aliphatic carbocycles. The molecule has 0 fully saturated rings. The summed E-state index contributed by atoms with van der Waals surface area (Å²) in [7, 11) is 0. The number of nitrogens with two attached hydrogens (primary N) is 1. The predicted octanol–water partition coefficient (Wildman–Crippen LogP) is 5.40. The van der Waals surface area contributed by atoms with Crippen LogP contribution in [0.2, 0.25) is 10.0 Å². The Hall–Kier alpha value is -3.31. The summed E-state index contributed by atoms with van der Waals surface area (Å²) in [5.74, 6) is -0.366. The van der Waals surface area contributed by atoms with Crippen LogP contribution < -0.4 is 15.2 Å². The Bertz CT molecular complexity index is 1470. The normalized spacial score (nSPS) is 14.4. The summed E-state index contributed by atoms with van der Waals surface area (Å²) in [5, 5.41) is 4.26. The van der Waals surface area contributed by atoms with Gasteiger partial charge in [0.15, 0.2) is 18.5 Å². The van der Waals surface area contributed by atoms with Gasteiger partial charge in [0.25, 0.3) is 0 Å². The zero-order chi connectivity index (χ0) is 27.1. The molecule has 178 valence electrons. The number of hydrogen-bond acceptors (Lipinski definition) is 7. The Morgan fingerprint density at radius 1 is 1.21 bits per heavy atom. The number of benzene rings is 2. The highest BCUT2D eigenvalue weighted by molar-refractivity contribution is 6.44. The molecule has 2 aromatic heterocycles. The van der Waals surface area contributed by atoms with Crippen molar-refractivity contribution in [2.45, 2.75) is 19.2 Å². The molecular weight excluding hydrogens is 496 g/mol. The van der Waals surface area contributed by atoms with Crippen LogP contribution in [0.25, 0.3) is 22.0 Å². The highest BCUT2D eigenvalue weighted by Gasteiger charge is 2.31. The van der Waals surface area contributed by atoms with Crippen LogP contribution in [-0.2, 0) is 6.98 Å². The van der Waals surface area contributed by atoms with Crippen molar-refractivity contribution in [2.75, 3.05) is 12.3 Å². The van der Waals surface area contributed by atoms with E-state index >= 15 is 0 Å². The SMILES string of the molecule is [2H]C([2H])([2H])n1cnc([C@H](C)Oc2cc(OCC(F)(F)F)c(-c3cccc(Cl)c3Cl)c3ncnc(N)c23)n1. The molecule has 0 amide bonds. The van der Waals surface area contributed by atoms with Gasteiger partial charge in [-0.2, -0.15) is 18.3 Å². The largest absolute Gasteiger partial charge is 0.483 e. The summed E-state index contributed by atoms with van der Waals surface area (Å²) in [6.45, 7) is -2.67. The molecule has 0 aliphatic heterocycles. The number of nitrogen functional groups attached to an aromatic ring is 1. The molecule has 8 nitrogen and oxygen atoms in total. The van der Waals surface area contributed by atoms with Gasteiger partial charge in [0.05, 0.1) is 26.5 Å². The van der Waals surface area contributed by atoms with E-state index in [1.807, 2.05) is 0 Å². The van der Waals surface area contributed by atoms with Gasteiger partial charge in [-0.25, -0.2) is 15.0 Å². The van der Waals surface area contributed by atoms with Crippen LogP contribution in [0.5, 0.6) is 11.5 Å². The lowest BCUT2D eigenvalue weighted by Crippen LogP contribution is -2.19. The van der Waals surface area contributed by atoms with Crippen molar-refractivity contribution in [1.29, 1.82) is 0 Å². The quantitative estimate of drug-likeness (QED) is 0.367. The number of aryl methyl sites for hydroxylation is 1. The summed E-state index contributed by atoms with van der Waals surface area (Å²) >= 11 is 12.6. The summed E-state index contributed by atoms with van der Waals surface area (Å²) in [6, 6.07) is 5.81. The number of nitrogens with zero attached hydrogens (tertiary/aromatic N) is 5. The molecule has 2 N–H and O–H groups in total. The molecule has 2 heterocycles. The molecule has 0 bridgehead atoms. The lowest BCUT2D eigenvalue weighted by molar-refractivity contribution is -0.153. The van der Waals surface area contributed by atoms with Gasteiger partial charge in [-0.3, -0.25) is 4.68 Å². The zero-order valence-corrected chi connectivity index (χ0v) is 18.8. The summed E-state index contributed by atoms with van der Waals surface area (Å²) in [6.07, 6.45) is -3.47. The van der Waals surface area contributed by atoms with Gasteiger partial charge < -0.3 is 15.2 Å².